The first-order valence-electron chi connectivity index (χ1n) is 11.5. The quantitative estimate of drug-likeness (QED) is 0.486. The molecule has 0 aliphatic carbocycles. The second-order valence-corrected chi connectivity index (χ2v) is 11.8. The molecule has 0 amide bonds. The Balaban J connectivity index is 3.05. The third kappa shape index (κ3) is 4.96. The molecular formula is C29H44. The fraction of sp³-hybridized carbons (Fsp3) is 0.586. The molecule has 160 valence electrons. The molecule has 0 aromatic heterocycles. The van der Waals surface area contributed by atoms with Crippen LogP contribution in [0.25, 0.3) is 11.1 Å². The van der Waals surface area contributed by atoms with Crippen molar-refractivity contribution in [2.75, 3.05) is 0 Å². The van der Waals surface area contributed by atoms with Gasteiger partial charge in [-0.3, -0.25) is 0 Å². The van der Waals surface area contributed by atoms with E-state index < -0.39 is 0 Å². The number of benzene rings is 2. The molecule has 0 heterocycles. The van der Waals surface area contributed by atoms with Gasteiger partial charge in [-0.2, -0.15) is 0 Å². The Kier molecular flexibility index (Phi) is 6.78. The molecule has 0 spiro atoms. The van der Waals surface area contributed by atoms with Crippen molar-refractivity contribution >= 4 is 0 Å². The molecule has 0 radical (unpaired) electrons. The largest absolute Gasteiger partial charge is 0.0613 e. The van der Waals surface area contributed by atoms with E-state index in [0.717, 1.165) is 0 Å². The molecule has 0 unspecified atom stereocenters. The van der Waals surface area contributed by atoms with Gasteiger partial charge in [0.2, 0.25) is 0 Å². The van der Waals surface area contributed by atoms with Crippen molar-refractivity contribution in [2.24, 2.45) is 0 Å². The number of hydrogen-bond donors (Lipinski definition) is 0. The van der Waals surface area contributed by atoms with Crippen molar-refractivity contribution in [3.05, 3.63) is 58.1 Å². The Morgan fingerprint density at radius 1 is 0.621 bits per heavy atom. The van der Waals surface area contributed by atoms with Crippen LogP contribution in [0.1, 0.15) is 129 Å². The van der Waals surface area contributed by atoms with Crippen molar-refractivity contribution < 1.29 is 0 Å². The maximum absolute atomic E-state index is 2.48. The third-order valence-electron chi connectivity index (χ3n) is 6.02. The molecule has 0 nitrogen and oxygen atoms in total. The molecular weight excluding hydrogens is 348 g/mol. The van der Waals surface area contributed by atoms with E-state index in [1.807, 2.05) is 0 Å². The van der Waals surface area contributed by atoms with E-state index in [1.165, 1.54) is 38.9 Å². The van der Waals surface area contributed by atoms with E-state index in [2.05, 4.69) is 113 Å². The van der Waals surface area contributed by atoms with Gasteiger partial charge in [-0.15, -0.1) is 0 Å². The summed E-state index contributed by atoms with van der Waals surface area (Å²) in [6.07, 6.45) is 0. The molecule has 0 atom stereocenters. The summed E-state index contributed by atoms with van der Waals surface area (Å²) >= 11 is 0. The first-order chi connectivity index (χ1) is 13.2. The minimum absolute atomic E-state index is 0.0818. The van der Waals surface area contributed by atoms with Crippen LogP contribution in [0, 0.1) is 0 Å². The van der Waals surface area contributed by atoms with Crippen LogP contribution in [0.4, 0.5) is 0 Å². The van der Waals surface area contributed by atoms with Gasteiger partial charge < -0.3 is 0 Å². The van der Waals surface area contributed by atoms with Crippen LogP contribution in [-0.4, -0.2) is 0 Å². The van der Waals surface area contributed by atoms with Gasteiger partial charge in [0.05, 0.1) is 0 Å². The highest BCUT2D eigenvalue weighted by Gasteiger charge is 2.30. The van der Waals surface area contributed by atoms with Gasteiger partial charge in [0.25, 0.3) is 0 Å². The highest BCUT2D eigenvalue weighted by atomic mass is 14.3. The molecule has 0 N–H and O–H groups in total. The van der Waals surface area contributed by atoms with Gasteiger partial charge in [-0.05, 0) is 67.5 Å². The van der Waals surface area contributed by atoms with Crippen LogP contribution in [-0.2, 0) is 10.8 Å². The molecule has 2 aromatic rings. The molecule has 0 bridgehead atoms. The smallest absolute Gasteiger partial charge is 0.0111 e. The predicted octanol–water partition coefficient (Wildman–Crippen LogP) is 9.32. The third-order valence-corrected chi connectivity index (χ3v) is 6.02. The Bertz CT molecular complexity index is 820. The van der Waals surface area contributed by atoms with Crippen molar-refractivity contribution in [3.63, 3.8) is 0 Å². The molecule has 0 aliphatic heterocycles. The lowest BCUT2D eigenvalue weighted by atomic mass is 9.70. The average Bonchev–Trinajstić information content (AvgIpc) is 2.58. The summed E-state index contributed by atoms with van der Waals surface area (Å²) in [5.74, 6) is 1.53. The van der Waals surface area contributed by atoms with Crippen molar-refractivity contribution in [1.29, 1.82) is 0 Å². The van der Waals surface area contributed by atoms with Crippen LogP contribution >= 0.6 is 0 Å². The summed E-state index contributed by atoms with van der Waals surface area (Å²) in [4.78, 5) is 0. The number of rotatable bonds is 4. The molecule has 0 aliphatic rings. The fourth-order valence-corrected chi connectivity index (χ4v) is 4.46. The van der Waals surface area contributed by atoms with Crippen molar-refractivity contribution in [3.8, 4) is 11.1 Å². The SMILES string of the molecule is CC(C)c1cc(C(C)C)c(-c2cccc(C(C)(C)C)c2C(C)(C)C)c(C(C)C)c1. The number of hydrogen-bond acceptors (Lipinski definition) is 0. The summed E-state index contributed by atoms with van der Waals surface area (Å²) in [6, 6.07) is 11.9. The summed E-state index contributed by atoms with van der Waals surface area (Å²) in [7, 11) is 0. The normalized spacial score (nSPS) is 13.1. The zero-order chi connectivity index (χ0) is 22.3. The van der Waals surface area contributed by atoms with Crippen LogP contribution in [0.3, 0.4) is 0 Å². The van der Waals surface area contributed by atoms with Gasteiger partial charge in [0.1, 0.15) is 0 Å². The summed E-state index contributed by atoms with van der Waals surface area (Å²) in [6.45, 7) is 28.1. The van der Waals surface area contributed by atoms with E-state index in [-0.39, 0.29) is 10.8 Å². The van der Waals surface area contributed by atoms with Gasteiger partial charge >= 0.3 is 0 Å². The summed E-state index contributed by atoms with van der Waals surface area (Å²) in [5, 5.41) is 0. The molecule has 0 heteroatoms. The molecule has 2 aromatic carbocycles. The summed E-state index contributed by atoms with van der Waals surface area (Å²) < 4.78 is 0. The summed E-state index contributed by atoms with van der Waals surface area (Å²) in [5.41, 5.74) is 10.6. The van der Waals surface area contributed by atoms with Crippen molar-refractivity contribution in [1.82, 2.24) is 0 Å². The minimum Gasteiger partial charge on any atom is -0.0613 e. The topological polar surface area (TPSA) is 0 Å². The van der Waals surface area contributed by atoms with Gasteiger partial charge in [0.15, 0.2) is 0 Å². The van der Waals surface area contributed by atoms with Crippen molar-refractivity contribution in [2.45, 2.75) is 112 Å². The van der Waals surface area contributed by atoms with E-state index >= 15 is 0 Å². The Hall–Kier alpha value is -1.56. The lowest BCUT2D eigenvalue weighted by Gasteiger charge is -2.34. The Morgan fingerprint density at radius 2 is 1.10 bits per heavy atom. The first-order valence-corrected chi connectivity index (χ1v) is 11.5. The maximum Gasteiger partial charge on any atom is -0.0111 e. The van der Waals surface area contributed by atoms with Crippen LogP contribution < -0.4 is 0 Å². The van der Waals surface area contributed by atoms with Crippen LogP contribution in [0.2, 0.25) is 0 Å². The fourth-order valence-electron chi connectivity index (χ4n) is 4.46. The maximum atomic E-state index is 2.48. The molecule has 29 heavy (non-hydrogen) atoms. The van der Waals surface area contributed by atoms with E-state index in [4.69, 9.17) is 0 Å². The predicted molar refractivity (Wildman–Crippen MR) is 132 cm³/mol. The zero-order valence-electron chi connectivity index (χ0n) is 21.1. The standard InChI is InChI=1S/C29H44/c1-18(2)21-16-23(19(3)4)26(24(17-21)20(5)6)22-14-13-15-25(28(7,8)9)27(22)29(10,11)12/h13-20H,1-12H3. The lowest BCUT2D eigenvalue weighted by Crippen LogP contribution is -2.23. The van der Waals surface area contributed by atoms with E-state index in [0.29, 0.717) is 17.8 Å². The minimum atomic E-state index is 0.0818. The monoisotopic (exact) mass is 392 g/mol. The molecule has 2 rings (SSSR count). The van der Waals surface area contributed by atoms with Gasteiger partial charge in [-0.1, -0.05) is 113 Å². The Labute approximate surface area is 181 Å². The molecule has 0 fully saturated rings. The molecule has 0 saturated carbocycles. The van der Waals surface area contributed by atoms with Gasteiger partial charge in [0, 0.05) is 0 Å². The second kappa shape index (κ2) is 8.29. The zero-order valence-corrected chi connectivity index (χ0v) is 21.1. The molecule has 0 saturated heterocycles. The van der Waals surface area contributed by atoms with Crippen LogP contribution in [0.15, 0.2) is 30.3 Å². The highest BCUT2D eigenvalue weighted by molar-refractivity contribution is 5.78. The Morgan fingerprint density at radius 3 is 1.45 bits per heavy atom. The lowest BCUT2D eigenvalue weighted by molar-refractivity contribution is 0.531. The van der Waals surface area contributed by atoms with E-state index in [9.17, 15) is 0 Å². The highest BCUT2D eigenvalue weighted by Crippen LogP contribution is 2.45. The van der Waals surface area contributed by atoms with Crippen LogP contribution in [0.5, 0.6) is 0 Å². The first kappa shape index (κ1) is 23.7. The second-order valence-electron chi connectivity index (χ2n) is 11.8. The average molecular weight is 393 g/mol. The van der Waals surface area contributed by atoms with Gasteiger partial charge in [-0.25, -0.2) is 0 Å². The van der Waals surface area contributed by atoms with E-state index in [1.54, 1.807) is 0 Å².